The minimum atomic E-state index is -0.900. The molecule has 1 aliphatic rings. The highest BCUT2D eigenvalue weighted by Gasteiger charge is 2.49. The van der Waals surface area contributed by atoms with E-state index in [-0.39, 0.29) is 17.9 Å². The molecule has 0 spiro atoms. The lowest BCUT2D eigenvalue weighted by atomic mass is 10.1. The number of carbonyl (C=O) groups excluding carboxylic acids is 1. The zero-order valence-electron chi connectivity index (χ0n) is 15.4. The van der Waals surface area contributed by atoms with Crippen LogP contribution < -0.4 is 5.32 Å². The van der Waals surface area contributed by atoms with Crippen LogP contribution in [0.5, 0.6) is 0 Å². The molecule has 1 aliphatic carbocycles. The van der Waals surface area contributed by atoms with Crippen LogP contribution in [0.15, 0.2) is 6.07 Å². The molecule has 2 aromatic rings. The van der Waals surface area contributed by atoms with Crippen LogP contribution in [0.4, 0.5) is 9.93 Å². The average molecular weight is 395 g/mol. The molecule has 26 heavy (non-hydrogen) atoms. The normalized spacial score (nSPS) is 19.3. The summed E-state index contributed by atoms with van der Waals surface area (Å²) in [7, 11) is 0. The van der Waals surface area contributed by atoms with Gasteiger partial charge in [0, 0.05) is 22.4 Å². The van der Waals surface area contributed by atoms with Crippen LogP contribution in [0.3, 0.4) is 0 Å². The molecular weight excluding hydrogens is 372 g/mol. The van der Waals surface area contributed by atoms with E-state index in [4.69, 9.17) is 0 Å². The summed E-state index contributed by atoms with van der Waals surface area (Å²) in [6, 6.07) is 1.85. The molecule has 2 atom stereocenters. The Morgan fingerprint density at radius 1 is 1.27 bits per heavy atom. The zero-order chi connectivity index (χ0) is 19.2. The zero-order valence-corrected chi connectivity index (χ0v) is 17.0. The minimum absolute atomic E-state index is 0.0393. The molecule has 0 radical (unpaired) electrons. The van der Waals surface area contributed by atoms with Crippen molar-refractivity contribution in [2.24, 2.45) is 0 Å². The second-order valence-electron chi connectivity index (χ2n) is 7.44. The monoisotopic (exact) mass is 394 g/mol. The maximum atomic E-state index is 12.4. The van der Waals surface area contributed by atoms with E-state index in [1.807, 2.05) is 40.7 Å². The topological polar surface area (TPSA) is 95.4 Å². The third-order valence-electron chi connectivity index (χ3n) is 4.34. The molecule has 2 heterocycles. The summed E-state index contributed by atoms with van der Waals surface area (Å²) < 4.78 is 0. The number of thiophene rings is 1. The van der Waals surface area contributed by atoms with Crippen molar-refractivity contribution >= 4 is 39.8 Å². The smallest absolute Gasteiger partial charge is 0.408 e. The van der Waals surface area contributed by atoms with Gasteiger partial charge in [-0.1, -0.05) is 11.3 Å². The van der Waals surface area contributed by atoms with Gasteiger partial charge in [-0.05, 0) is 52.7 Å². The lowest BCUT2D eigenvalue weighted by Crippen LogP contribution is -2.46. The Kier molecular flexibility index (Phi) is 4.78. The molecule has 0 aliphatic heterocycles. The number of aromatic nitrogens is 2. The van der Waals surface area contributed by atoms with Gasteiger partial charge >= 0.3 is 6.09 Å². The lowest BCUT2D eigenvalue weighted by molar-refractivity contribution is 0.0938. The van der Waals surface area contributed by atoms with Crippen molar-refractivity contribution in [3.8, 4) is 0 Å². The van der Waals surface area contributed by atoms with Crippen LogP contribution in [0.25, 0.3) is 0 Å². The fourth-order valence-electron chi connectivity index (χ4n) is 3.21. The van der Waals surface area contributed by atoms with Crippen molar-refractivity contribution in [1.29, 1.82) is 0 Å². The van der Waals surface area contributed by atoms with E-state index in [2.05, 4.69) is 15.5 Å². The fourth-order valence-corrected chi connectivity index (χ4v) is 4.78. The number of anilines is 1. The third kappa shape index (κ3) is 3.73. The van der Waals surface area contributed by atoms with Crippen molar-refractivity contribution in [1.82, 2.24) is 15.1 Å². The van der Waals surface area contributed by atoms with Crippen LogP contribution in [0.2, 0.25) is 0 Å². The Morgan fingerprint density at radius 2 is 1.96 bits per heavy atom. The first-order valence-electron chi connectivity index (χ1n) is 8.32. The molecule has 7 nitrogen and oxygen atoms in total. The number of carboxylic acid groups (broad SMARTS) is 1. The van der Waals surface area contributed by atoms with Crippen LogP contribution in [-0.2, 0) is 0 Å². The van der Waals surface area contributed by atoms with E-state index >= 15 is 0 Å². The van der Waals surface area contributed by atoms with E-state index in [9.17, 15) is 14.7 Å². The minimum Gasteiger partial charge on any atom is -0.465 e. The molecular formula is C17H22N4O3S2. The van der Waals surface area contributed by atoms with Gasteiger partial charge < -0.3 is 5.11 Å². The molecule has 0 bridgehead atoms. The van der Waals surface area contributed by atoms with E-state index in [1.54, 1.807) is 0 Å². The highest BCUT2D eigenvalue weighted by molar-refractivity contribution is 7.16. The number of aryl methyl sites for hydroxylation is 2. The van der Waals surface area contributed by atoms with Gasteiger partial charge in [-0.2, -0.15) is 0 Å². The van der Waals surface area contributed by atoms with E-state index < -0.39 is 11.6 Å². The van der Waals surface area contributed by atoms with Gasteiger partial charge in [0.25, 0.3) is 5.91 Å². The Morgan fingerprint density at radius 3 is 2.50 bits per heavy atom. The predicted octanol–water partition coefficient (Wildman–Crippen LogP) is 4.10. The number of nitrogens with zero attached hydrogens (tertiary/aromatic N) is 3. The standard InChI is InChI=1S/C17H22N4O3S2/c1-8-10(11-6-12(11)21(16(23)24)17(3,4)5)7-13(25-8)14(22)18-15-20-19-9(2)26-15/h7,11-12H,6H2,1-5H3,(H,23,24)(H,18,20,22)/t11-,12+/m0/s1. The van der Waals surface area contributed by atoms with Crippen molar-refractivity contribution in [3.63, 3.8) is 0 Å². The molecule has 0 saturated heterocycles. The van der Waals surface area contributed by atoms with Crippen LogP contribution in [0.1, 0.15) is 58.2 Å². The van der Waals surface area contributed by atoms with Gasteiger partial charge in [0.1, 0.15) is 5.01 Å². The van der Waals surface area contributed by atoms with Crippen molar-refractivity contribution < 1.29 is 14.7 Å². The summed E-state index contributed by atoms with van der Waals surface area (Å²) in [6.45, 7) is 9.51. The second-order valence-corrected chi connectivity index (χ2v) is 9.87. The lowest BCUT2D eigenvalue weighted by Gasteiger charge is -2.33. The first-order valence-corrected chi connectivity index (χ1v) is 9.95. The Labute approximate surface area is 160 Å². The molecule has 0 aromatic carbocycles. The van der Waals surface area contributed by atoms with Crippen LogP contribution >= 0.6 is 22.7 Å². The van der Waals surface area contributed by atoms with E-state index in [0.717, 1.165) is 21.9 Å². The number of hydrogen-bond donors (Lipinski definition) is 2. The maximum Gasteiger partial charge on any atom is 0.408 e. The molecule has 1 fully saturated rings. The van der Waals surface area contributed by atoms with Crippen molar-refractivity contribution in [2.45, 2.75) is 58.5 Å². The quantitative estimate of drug-likeness (QED) is 0.814. The summed E-state index contributed by atoms with van der Waals surface area (Å²) in [6.07, 6.45) is -0.111. The van der Waals surface area contributed by atoms with Crippen molar-refractivity contribution in [3.05, 3.63) is 26.4 Å². The number of carbonyl (C=O) groups is 2. The van der Waals surface area contributed by atoms with E-state index in [1.165, 1.54) is 27.6 Å². The van der Waals surface area contributed by atoms with Crippen molar-refractivity contribution in [2.75, 3.05) is 5.32 Å². The Balaban J connectivity index is 1.75. The Bertz CT molecular complexity index is 853. The molecule has 3 rings (SSSR count). The summed E-state index contributed by atoms with van der Waals surface area (Å²) in [4.78, 5) is 27.3. The van der Waals surface area contributed by atoms with Gasteiger partial charge in [-0.25, -0.2) is 4.79 Å². The highest BCUT2D eigenvalue weighted by atomic mass is 32.1. The molecule has 9 heteroatoms. The van der Waals surface area contributed by atoms with E-state index in [0.29, 0.717) is 10.0 Å². The van der Waals surface area contributed by atoms with Gasteiger partial charge in [0.15, 0.2) is 0 Å². The molecule has 1 saturated carbocycles. The second kappa shape index (κ2) is 6.62. The number of amides is 2. The molecule has 2 aromatic heterocycles. The third-order valence-corrected chi connectivity index (χ3v) is 6.16. The number of hydrogen-bond acceptors (Lipinski definition) is 6. The molecule has 140 valence electrons. The first-order chi connectivity index (χ1) is 12.1. The molecule has 0 unspecified atom stereocenters. The van der Waals surface area contributed by atoms with Crippen LogP contribution in [0, 0.1) is 13.8 Å². The summed E-state index contributed by atoms with van der Waals surface area (Å²) in [5.41, 5.74) is 0.611. The van der Waals surface area contributed by atoms with Gasteiger partial charge in [0.2, 0.25) is 5.13 Å². The first kappa shape index (κ1) is 18.8. The Hall–Kier alpha value is -2.00. The fraction of sp³-hybridized carbons (Fsp3) is 0.529. The van der Waals surface area contributed by atoms with Crippen LogP contribution in [-0.4, -0.2) is 43.8 Å². The summed E-state index contributed by atoms with van der Waals surface area (Å²) >= 11 is 2.75. The largest absolute Gasteiger partial charge is 0.465 e. The number of nitrogens with one attached hydrogen (secondary N) is 1. The van der Waals surface area contributed by atoms with Gasteiger partial charge in [-0.3, -0.25) is 15.0 Å². The van der Waals surface area contributed by atoms with Gasteiger partial charge in [0.05, 0.1) is 4.88 Å². The maximum absolute atomic E-state index is 12.4. The average Bonchev–Trinajstić information content (AvgIpc) is 2.95. The summed E-state index contributed by atoms with van der Waals surface area (Å²) in [5, 5.41) is 21.4. The molecule has 2 amide bonds. The number of rotatable bonds is 4. The van der Waals surface area contributed by atoms with Gasteiger partial charge in [-0.15, -0.1) is 21.5 Å². The highest BCUT2D eigenvalue weighted by Crippen LogP contribution is 2.49. The summed E-state index contributed by atoms with van der Waals surface area (Å²) in [5.74, 6) is -0.0597. The molecule has 2 N–H and O–H groups in total. The predicted molar refractivity (Wildman–Crippen MR) is 102 cm³/mol. The SMILES string of the molecule is Cc1nnc(NC(=O)c2cc([C@@H]3C[C@H]3N(C(=O)O)C(C)(C)C)c(C)s2)s1.